The Morgan fingerprint density at radius 1 is 1.05 bits per heavy atom. The van der Waals surface area contributed by atoms with E-state index in [1.54, 1.807) is 6.20 Å². The van der Waals surface area contributed by atoms with Crippen LogP contribution in [0.15, 0.2) is 86.4 Å². The second kappa shape index (κ2) is 14.3. The van der Waals surface area contributed by atoms with E-state index in [1.807, 2.05) is 6.08 Å². The average molecular weight is 542 g/mol. The topological polar surface area (TPSA) is 33.8 Å². The van der Waals surface area contributed by atoms with E-state index in [1.165, 1.54) is 33.6 Å². The highest BCUT2D eigenvalue weighted by Crippen LogP contribution is 2.26. The molecular weight excluding hydrogens is 490 g/mol. The van der Waals surface area contributed by atoms with Crippen molar-refractivity contribution in [3.63, 3.8) is 0 Å². The molecule has 1 saturated heterocycles. The van der Waals surface area contributed by atoms with Crippen molar-refractivity contribution in [3.8, 4) is 0 Å². The molecule has 0 radical (unpaired) electrons. The molecule has 2 aromatic rings. The van der Waals surface area contributed by atoms with Crippen LogP contribution in [-0.4, -0.2) is 49.7 Å². The van der Waals surface area contributed by atoms with Crippen LogP contribution in [0.25, 0.3) is 6.08 Å². The fourth-order valence-corrected chi connectivity index (χ4v) is 5.37. The molecule has 40 heavy (non-hydrogen) atoms. The molecule has 0 aliphatic carbocycles. The van der Waals surface area contributed by atoms with Gasteiger partial charge in [-0.2, -0.15) is 0 Å². The Morgan fingerprint density at radius 2 is 1.77 bits per heavy atom. The van der Waals surface area contributed by atoms with Crippen molar-refractivity contribution in [3.05, 3.63) is 109 Å². The average Bonchev–Trinajstić information content (AvgIpc) is 2.91. The molecule has 1 atom stereocenters. The minimum absolute atomic E-state index is 0.224. The lowest BCUT2D eigenvalue weighted by molar-refractivity contribution is 0.313. The van der Waals surface area contributed by atoms with Crippen LogP contribution >= 0.6 is 0 Å². The van der Waals surface area contributed by atoms with Crippen molar-refractivity contribution < 1.29 is 0 Å². The van der Waals surface area contributed by atoms with Crippen LogP contribution in [-0.2, 0) is 13.0 Å². The Morgan fingerprint density at radius 3 is 2.42 bits per heavy atom. The van der Waals surface area contributed by atoms with Crippen molar-refractivity contribution in [2.24, 2.45) is 5.41 Å². The Bertz CT molecular complexity index is 1170. The first kappa shape index (κ1) is 31.1. The monoisotopic (exact) mass is 541 g/mol. The van der Waals surface area contributed by atoms with Gasteiger partial charge in [-0.3, -0.25) is 4.90 Å². The summed E-state index contributed by atoms with van der Waals surface area (Å²) in [7, 11) is 2.11. The van der Waals surface area contributed by atoms with Crippen molar-refractivity contribution in [2.75, 3.05) is 44.8 Å². The van der Waals surface area contributed by atoms with Gasteiger partial charge >= 0.3 is 0 Å². The minimum Gasteiger partial charge on any atom is -0.382 e. The molecular formula is C35H51N5. The molecule has 5 nitrogen and oxygen atoms in total. The van der Waals surface area contributed by atoms with E-state index in [0.717, 1.165) is 57.9 Å². The summed E-state index contributed by atoms with van der Waals surface area (Å²) < 4.78 is 0. The second-order valence-corrected chi connectivity index (χ2v) is 12.3. The van der Waals surface area contributed by atoms with E-state index in [0.29, 0.717) is 0 Å². The first-order valence-electron chi connectivity index (χ1n) is 14.5. The van der Waals surface area contributed by atoms with Gasteiger partial charge < -0.3 is 20.4 Å². The van der Waals surface area contributed by atoms with E-state index in [9.17, 15) is 0 Å². The quantitative estimate of drug-likeness (QED) is 0.254. The first-order chi connectivity index (χ1) is 19.0. The zero-order chi connectivity index (χ0) is 29.3. The van der Waals surface area contributed by atoms with Crippen LogP contribution < -0.4 is 15.5 Å². The molecule has 1 heterocycles. The summed E-state index contributed by atoms with van der Waals surface area (Å²) in [6.07, 6.45) is 5.51. The normalized spacial score (nSPS) is 14.6. The van der Waals surface area contributed by atoms with E-state index in [2.05, 4.69) is 129 Å². The molecule has 1 fully saturated rings. The summed E-state index contributed by atoms with van der Waals surface area (Å²) >= 11 is 0. The van der Waals surface area contributed by atoms with Gasteiger partial charge in [0.15, 0.2) is 0 Å². The van der Waals surface area contributed by atoms with Crippen LogP contribution in [0, 0.1) is 5.41 Å². The lowest BCUT2D eigenvalue weighted by Gasteiger charge is -2.38. The van der Waals surface area contributed by atoms with Crippen molar-refractivity contribution in [1.29, 1.82) is 0 Å². The van der Waals surface area contributed by atoms with E-state index < -0.39 is 0 Å². The summed E-state index contributed by atoms with van der Waals surface area (Å²) in [5.41, 5.74) is 8.85. The third kappa shape index (κ3) is 9.34. The van der Waals surface area contributed by atoms with Gasteiger partial charge in [0.05, 0.1) is 6.67 Å². The van der Waals surface area contributed by atoms with Crippen LogP contribution in [0.5, 0.6) is 0 Å². The van der Waals surface area contributed by atoms with Crippen molar-refractivity contribution in [2.45, 2.75) is 53.1 Å². The fraction of sp³-hybridized carbons (Fsp3) is 0.429. The van der Waals surface area contributed by atoms with Gasteiger partial charge in [-0.05, 0) is 66.4 Å². The van der Waals surface area contributed by atoms with Gasteiger partial charge in [0.1, 0.15) is 0 Å². The maximum absolute atomic E-state index is 4.48. The number of hydrogen-bond acceptors (Lipinski definition) is 5. The Hall–Kier alpha value is -3.44. The molecule has 0 bridgehead atoms. The number of allylic oxidation sites excluding steroid dienone is 2. The SMILES string of the molecule is C=CNCN(C)Cc1cc(N2CCN(C(=C)Cc3cccc(C(C)NC(=C)CC(C)(C)C)c3)CC2)ccc1C=C. The van der Waals surface area contributed by atoms with Crippen LogP contribution in [0.1, 0.15) is 62.4 Å². The predicted molar refractivity (Wildman–Crippen MR) is 174 cm³/mol. The molecule has 1 unspecified atom stereocenters. The summed E-state index contributed by atoms with van der Waals surface area (Å²) in [5, 5.41) is 6.77. The molecule has 0 saturated carbocycles. The molecule has 1 aliphatic rings. The van der Waals surface area contributed by atoms with Crippen LogP contribution in [0.3, 0.4) is 0 Å². The summed E-state index contributed by atoms with van der Waals surface area (Å²) in [4.78, 5) is 7.17. The predicted octanol–water partition coefficient (Wildman–Crippen LogP) is 6.93. The van der Waals surface area contributed by atoms with Crippen LogP contribution in [0.2, 0.25) is 0 Å². The highest BCUT2D eigenvalue weighted by molar-refractivity contribution is 5.59. The summed E-state index contributed by atoms with van der Waals surface area (Å²) in [5.74, 6) is 0. The Kier molecular flexibility index (Phi) is 11.1. The standard InChI is InChI=1S/C35H51N5/c1-10-31-15-16-34(23-33(31)25-38(9)26-36-11-2)40-19-17-39(18-20-40)28(4)21-30-13-12-14-32(22-30)29(5)37-27(3)24-35(6,7)8/h10-16,22-23,29,36-37H,1-4,17-21,24-26H2,5-9H3. The van der Waals surface area contributed by atoms with Gasteiger partial charge in [0.2, 0.25) is 0 Å². The fourth-order valence-electron chi connectivity index (χ4n) is 5.37. The van der Waals surface area contributed by atoms with Gasteiger partial charge in [-0.1, -0.05) is 83.5 Å². The number of nitrogens with one attached hydrogen (secondary N) is 2. The number of piperazine rings is 1. The van der Waals surface area contributed by atoms with Gasteiger partial charge in [0, 0.05) is 62.3 Å². The zero-order valence-electron chi connectivity index (χ0n) is 25.6. The highest BCUT2D eigenvalue weighted by Gasteiger charge is 2.20. The third-order valence-corrected chi connectivity index (χ3v) is 7.41. The number of hydrogen-bond donors (Lipinski definition) is 2. The second-order valence-electron chi connectivity index (χ2n) is 12.3. The minimum atomic E-state index is 0.224. The van der Waals surface area contributed by atoms with Gasteiger partial charge in [0.25, 0.3) is 0 Å². The number of benzene rings is 2. The molecule has 3 rings (SSSR count). The Labute approximate surface area is 243 Å². The van der Waals surface area contributed by atoms with Gasteiger partial charge in [-0.15, -0.1) is 0 Å². The maximum atomic E-state index is 4.48. The highest BCUT2D eigenvalue weighted by atomic mass is 15.3. The van der Waals surface area contributed by atoms with E-state index in [4.69, 9.17) is 0 Å². The molecule has 1 aliphatic heterocycles. The molecule has 0 aromatic heterocycles. The molecule has 5 heteroatoms. The van der Waals surface area contributed by atoms with E-state index >= 15 is 0 Å². The smallest absolute Gasteiger partial charge is 0.0673 e. The summed E-state index contributed by atoms with van der Waals surface area (Å²) in [6.45, 7) is 31.0. The van der Waals surface area contributed by atoms with Crippen molar-refractivity contribution >= 4 is 11.8 Å². The Balaban J connectivity index is 1.56. The summed E-state index contributed by atoms with van der Waals surface area (Å²) in [6, 6.07) is 15.9. The molecule has 0 spiro atoms. The largest absolute Gasteiger partial charge is 0.382 e. The molecule has 2 aromatic carbocycles. The van der Waals surface area contributed by atoms with E-state index in [-0.39, 0.29) is 11.5 Å². The number of nitrogens with zero attached hydrogens (tertiary/aromatic N) is 3. The molecule has 0 amide bonds. The lowest BCUT2D eigenvalue weighted by atomic mass is 9.90. The lowest BCUT2D eigenvalue weighted by Crippen LogP contribution is -2.46. The van der Waals surface area contributed by atoms with Crippen molar-refractivity contribution in [1.82, 2.24) is 20.4 Å². The molecule has 2 N–H and O–H groups in total. The third-order valence-electron chi connectivity index (χ3n) is 7.41. The zero-order valence-corrected chi connectivity index (χ0v) is 25.6. The number of rotatable bonds is 14. The maximum Gasteiger partial charge on any atom is 0.0673 e. The first-order valence-corrected chi connectivity index (χ1v) is 14.5. The van der Waals surface area contributed by atoms with Crippen LogP contribution in [0.4, 0.5) is 5.69 Å². The van der Waals surface area contributed by atoms with Gasteiger partial charge in [-0.25, -0.2) is 0 Å². The number of anilines is 1. The molecule has 216 valence electrons.